The van der Waals surface area contributed by atoms with Crippen molar-refractivity contribution < 1.29 is 9.90 Å². The largest absolute Gasteiger partial charge is 0.395 e. The first-order chi connectivity index (χ1) is 7.58. The van der Waals surface area contributed by atoms with E-state index in [2.05, 4.69) is 10.3 Å². The Morgan fingerprint density at radius 3 is 2.81 bits per heavy atom. The molecule has 0 saturated carbocycles. The van der Waals surface area contributed by atoms with Crippen molar-refractivity contribution in [2.24, 2.45) is 0 Å². The van der Waals surface area contributed by atoms with Crippen LogP contribution in [0.25, 0.3) is 0 Å². The number of aryl methyl sites for hydroxylation is 2. The van der Waals surface area contributed by atoms with Crippen LogP contribution in [-0.4, -0.2) is 41.2 Å². The van der Waals surface area contributed by atoms with Crippen molar-refractivity contribution in [1.29, 1.82) is 0 Å². The highest BCUT2D eigenvalue weighted by molar-refractivity contribution is 7.16. The van der Waals surface area contributed by atoms with Gasteiger partial charge in [0.15, 0.2) is 0 Å². The van der Waals surface area contributed by atoms with E-state index in [1.165, 1.54) is 16.2 Å². The zero-order valence-corrected chi connectivity index (χ0v) is 10.6. The lowest BCUT2D eigenvalue weighted by Crippen LogP contribution is -2.33. The van der Waals surface area contributed by atoms with Gasteiger partial charge in [-0.3, -0.25) is 5.32 Å². The summed E-state index contributed by atoms with van der Waals surface area (Å²) in [4.78, 5) is 17.4. The molecule has 1 aromatic rings. The van der Waals surface area contributed by atoms with Crippen LogP contribution >= 0.6 is 11.3 Å². The molecule has 0 radical (unpaired) electrons. The quantitative estimate of drug-likeness (QED) is 0.841. The number of hydrogen-bond acceptors (Lipinski definition) is 4. The predicted molar refractivity (Wildman–Crippen MR) is 65.0 cm³/mol. The van der Waals surface area contributed by atoms with Gasteiger partial charge in [-0.25, -0.2) is 9.78 Å². The maximum Gasteiger partial charge on any atom is 0.322 e. The first kappa shape index (κ1) is 12.9. The van der Waals surface area contributed by atoms with Crippen LogP contribution in [0.5, 0.6) is 0 Å². The van der Waals surface area contributed by atoms with Gasteiger partial charge in [0.25, 0.3) is 0 Å². The van der Waals surface area contributed by atoms with E-state index < -0.39 is 0 Å². The van der Waals surface area contributed by atoms with Gasteiger partial charge in [0.05, 0.1) is 17.3 Å². The average molecular weight is 243 g/mol. The Hall–Kier alpha value is -1.14. The van der Waals surface area contributed by atoms with Crippen molar-refractivity contribution >= 4 is 22.4 Å². The molecule has 0 atom stereocenters. The Bertz CT molecular complexity index is 365. The number of aromatic nitrogens is 1. The summed E-state index contributed by atoms with van der Waals surface area (Å²) >= 11 is 1.49. The molecule has 2 N–H and O–H groups in total. The van der Waals surface area contributed by atoms with Crippen LogP contribution < -0.4 is 5.32 Å². The third-order valence-corrected chi connectivity index (χ3v) is 3.36. The number of carbonyl (C=O) groups excluding carboxylic acids is 1. The molecule has 0 aliphatic heterocycles. The predicted octanol–water partition coefficient (Wildman–Crippen LogP) is 1.47. The van der Waals surface area contributed by atoms with E-state index in [1.54, 1.807) is 7.05 Å². The molecule has 0 aliphatic rings. The molecule has 5 nitrogen and oxygen atoms in total. The zero-order chi connectivity index (χ0) is 12.1. The fraction of sp³-hybridized carbons (Fsp3) is 0.600. The number of hydrogen-bond donors (Lipinski definition) is 2. The molecule has 16 heavy (non-hydrogen) atoms. The zero-order valence-electron chi connectivity index (χ0n) is 9.78. The number of anilines is 1. The van der Waals surface area contributed by atoms with Crippen molar-refractivity contribution in [2.45, 2.75) is 20.3 Å². The number of rotatable bonds is 4. The fourth-order valence-corrected chi connectivity index (χ4v) is 2.06. The summed E-state index contributed by atoms with van der Waals surface area (Å²) in [5, 5.41) is 13.3. The van der Waals surface area contributed by atoms with Crippen LogP contribution in [0.4, 0.5) is 9.80 Å². The van der Waals surface area contributed by atoms with Crippen molar-refractivity contribution in [3.8, 4) is 0 Å². The van der Waals surface area contributed by atoms with E-state index in [4.69, 9.17) is 5.11 Å². The number of nitrogens with zero attached hydrogens (tertiary/aromatic N) is 2. The number of urea groups is 1. The standard InChI is InChI=1S/C10H17N3O2S/c1-4-8-11-7(2)9(16-8)12-10(15)13(3)5-6-14/h14H,4-6H2,1-3H3,(H,12,15). The van der Waals surface area contributed by atoms with Gasteiger partial charge < -0.3 is 10.0 Å². The summed E-state index contributed by atoms with van der Waals surface area (Å²) in [6.45, 7) is 4.19. The number of carbonyl (C=O) groups is 1. The minimum Gasteiger partial charge on any atom is -0.395 e. The molecule has 0 bridgehead atoms. The van der Waals surface area contributed by atoms with Crippen molar-refractivity contribution in [3.63, 3.8) is 0 Å². The molecule has 1 aromatic heterocycles. The van der Waals surface area contributed by atoms with Gasteiger partial charge in [-0.2, -0.15) is 0 Å². The van der Waals surface area contributed by atoms with E-state index in [9.17, 15) is 4.79 Å². The van der Waals surface area contributed by atoms with Crippen LogP contribution in [0.2, 0.25) is 0 Å². The van der Waals surface area contributed by atoms with Gasteiger partial charge >= 0.3 is 6.03 Å². The van der Waals surface area contributed by atoms with Crippen molar-refractivity contribution in [1.82, 2.24) is 9.88 Å². The topological polar surface area (TPSA) is 65.5 Å². The third kappa shape index (κ3) is 3.18. The lowest BCUT2D eigenvalue weighted by atomic mass is 10.5. The number of aliphatic hydroxyl groups excluding tert-OH is 1. The first-order valence-corrected chi connectivity index (χ1v) is 5.99. The van der Waals surface area contributed by atoms with E-state index >= 15 is 0 Å². The number of amides is 2. The molecule has 0 saturated heterocycles. The summed E-state index contributed by atoms with van der Waals surface area (Å²) in [5.74, 6) is 0. The van der Waals surface area contributed by atoms with Crippen LogP contribution in [0, 0.1) is 6.92 Å². The summed E-state index contributed by atoms with van der Waals surface area (Å²) in [6, 6.07) is -0.219. The molecule has 90 valence electrons. The third-order valence-electron chi connectivity index (χ3n) is 2.15. The number of nitrogens with one attached hydrogen (secondary N) is 1. The average Bonchev–Trinajstić information content (AvgIpc) is 2.60. The fourth-order valence-electron chi connectivity index (χ4n) is 1.16. The van der Waals surface area contributed by atoms with E-state index in [0.717, 1.165) is 22.1 Å². The number of aliphatic hydroxyl groups is 1. The molecule has 1 rings (SSSR count). The Morgan fingerprint density at radius 2 is 2.31 bits per heavy atom. The molecular formula is C10H17N3O2S. The highest BCUT2D eigenvalue weighted by Gasteiger charge is 2.12. The first-order valence-electron chi connectivity index (χ1n) is 5.17. The van der Waals surface area contributed by atoms with E-state index in [1.807, 2.05) is 13.8 Å². The molecule has 0 unspecified atom stereocenters. The summed E-state index contributed by atoms with van der Waals surface area (Å²) in [5.41, 5.74) is 0.840. The van der Waals surface area contributed by atoms with Crippen LogP contribution in [0.3, 0.4) is 0 Å². The molecule has 0 spiro atoms. The molecule has 0 fully saturated rings. The minimum absolute atomic E-state index is 0.0359. The normalized spacial score (nSPS) is 10.2. The molecule has 6 heteroatoms. The number of likely N-dealkylation sites (N-methyl/N-ethyl adjacent to an activating group) is 1. The van der Waals surface area contributed by atoms with E-state index in [0.29, 0.717) is 6.54 Å². The van der Waals surface area contributed by atoms with E-state index in [-0.39, 0.29) is 12.6 Å². The van der Waals surface area contributed by atoms with Crippen LogP contribution in [0.1, 0.15) is 17.6 Å². The Labute approximate surface area is 99.1 Å². The lowest BCUT2D eigenvalue weighted by molar-refractivity contribution is 0.202. The molecule has 0 aromatic carbocycles. The molecule has 1 heterocycles. The minimum atomic E-state index is -0.219. The smallest absolute Gasteiger partial charge is 0.322 e. The summed E-state index contributed by atoms with van der Waals surface area (Å²) in [6.07, 6.45) is 0.869. The Balaban J connectivity index is 2.65. The van der Waals surface area contributed by atoms with Gasteiger partial charge in [0.2, 0.25) is 0 Å². The summed E-state index contributed by atoms with van der Waals surface area (Å²) in [7, 11) is 1.64. The molecular weight excluding hydrogens is 226 g/mol. The second-order valence-electron chi connectivity index (χ2n) is 3.45. The second kappa shape index (κ2) is 5.81. The molecule has 0 aliphatic carbocycles. The number of thiazole rings is 1. The second-order valence-corrected chi connectivity index (χ2v) is 4.53. The maximum absolute atomic E-state index is 11.6. The molecule has 2 amide bonds. The maximum atomic E-state index is 11.6. The van der Waals surface area contributed by atoms with Gasteiger partial charge in [-0.1, -0.05) is 6.92 Å². The van der Waals surface area contributed by atoms with Gasteiger partial charge in [0, 0.05) is 13.6 Å². The monoisotopic (exact) mass is 243 g/mol. The van der Waals surface area contributed by atoms with Crippen LogP contribution in [-0.2, 0) is 6.42 Å². The van der Waals surface area contributed by atoms with Crippen molar-refractivity contribution in [2.75, 3.05) is 25.5 Å². The van der Waals surface area contributed by atoms with Gasteiger partial charge in [-0.15, -0.1) is 11.3 Å². The van der Waals surface area contributed by atoms with Crippen LogP contribution in [0.15, 0.2) is 0 Å². The van der Waals surface area contributed by atoms with Gasteiger partial charge in [-0.05, 0) is 13.3 Å². The highest BCUT2D eigenvalue weighted by Crippen LogP contribution is 2.24. The summed E-state index contributed by atoms with van der Waals surface area (Å²) < 4.78 is 0. The highest BCUT2D eigenvalue weighted by atomic mass is 32.1. The Kier molecular flexibility index (Phi) is 4.70. The lowest BCUT2D eigenvalue weighted by Gasteiger charge is -2.15. The van der Waals surface area contributed by atoms with Gasteiger partial charge in [0.1, 0.15) is 5.00 Å². The SMILES string of the molecule is CCc1nc(C)c(NC(=O)N(C)CCO)s1. The Morgan fingerprint density at radius 1 is 1.62 bits per heavy atom. The van der Waals surface area contributed by atoms with Crippen molar-refractivity contribution in [3.05, 3.63) is 10.7 Å².